The van der Waals surface area contributed by atoms with E-state index in [2.05, 4.69) is 18.7 Å². The van der Waals surface area contributed by atoms with Gasteiger partial charge in [-0.3, -0.25) is 9.69 Å². The fourth-order valence-electron chi connectivity index (χ4n) is 5.26. The van der Waals surface area contributed by atoms with Gasteiger partial charge in [-0.05, 0) is 24.1 Å². The summed E-state index contributed by atoms with van der Waals surface area (Å²) in [5.41, 5.74) is 1.27. The third kappa shape index (κ3) is 4.13. The molecule has 2 aromatic rings. The molecule has 0 saturated carbocycles. The molecular formula is C25H29ClN2O6. The Hall–Kier alpha value is -2.39. The summed E-state index contributed by atoms with van der Waals surface area (Å²) in [6, 6.07) is 4.95. The number of carboxylic acids is 1. The molecule has 0 amide bonds. The third-order valence-corrected chi connectivity index (χ3v) is 7.29. The highest BCUT2D eigenvalue weighted by Crippen LogP contribution is 2.56. The lowest BCUT2D eigenvalue weighted by Crippen LogP contribution is -2.37. The number of carboxylic acid groups (broad SMARTS) is 1. The summed E-state index contributed by atoms with van der Waals surface area (Å²) in [5, 5.41) is 9.95. The van der Waals surface area contributed by atoms with E-state index in [0.717, 1.165) is 50.4 Å². The van der Waals surface area contributed by atoms with Crippen LogP contribution in [0.1, 0.15) is 48.3 Å². The molecule has 2 fully saturated rings. The lowest BCUT2D eigenvalue weighted by molar-refractivity contribution is 0.0358. The molecule has 0 unspecified atom stereocenters. The van der Waals surface area contributed by atoms with E-state index in [1.54, 1.807) is 6.07 Å². The van der Waals surface area contributed by atoms with Crippen LogP contribution in [0.15, 0.2) is 29.2 Å². The Balaban J connectivity index is 1.46. The second-order valence-corrected chi connectivity index (χ2v) is 10.2. The van der Waals surface area contributed by atoms with Crippen LogP contribution >= 0.6 is 11.6 Å². The van der Waals surface area contributed by atoms with E-state index in [1.807, 2.05) is 10.6 Å². The van der Waals surface area contributed by atoms with Crippen LogP contribution in [-0.4, -0.2) is 66.6 Å². The number of fused-ring (bicyclic) bond motifs is 6. The molecule has 2 saturated heterocycles. The number of rotatable bonds is 6. The van der Waals surface area contributed by atoms with Crippen molar-refractivity contribution in [2.24, 2.45) is 5.41 Å². The molecule has 182 valence electrons. The van der Waals surface area contributed by atoms with Gasteiger partial charge >= 0.3 is 5.97 Å². The number of carbonyl (C=O) groups is 1. The maximum Gasteiger partial charge on any atom is 0.341 e. The lowest BCUT2D eigenvalue weighted by Gasteiger charge is -2.38. The van der Waals surface area contributed by atoms with E-state index < -0.39 is 11.4 Å². The van der Waals surface area contributed by atoms with Crippen LogP contribution in [0.4, 0.5) is 0 Å². The van der Waals surface area contributed by atoms with Crippen molar-refractivity contribution >= 4 is 17.6 Å². The fraction of sp³-hybridized carbons (Fsp3) is 0.520. The van der Waals surface area contributed by atoms with Gasteiger partial charge in [0.2, 0.25) is 0 Å². The summed E-state index contributed by atoms with van der Waals surface area (Å²) in [5.74, 6) is -0.648. The van der Waals surface area contributed by atoms with Crippen LogP contribution in [0, 0.1) is 5.41 Å². The van der Waals surface area contributed by atoms with Crippen LogP contribution in [0.2, 0.25) is 5.02 Å². The molecule has 34 heavy (non-hydrogen) atoms. The average molecular weight is 489 g/mol. The van der Waals surface area contributed by atoms with Gasteiger partial charge in [-0.25, -0.2) is 4.79 Å². The van der Waals surface area contributed by atoms with Crippen molar-refractivity contribution in [3.8, 4) is 17.0 Å². The van der Waals surface area contributed by atoms with Gasteiger partial charge in [0.1, 0.15) is 17.4 Å². The molecule has 9 heteroatoms. The number of aromatic carboxylic acids is 1. The highest BCUT2D eigenvalue weighted by Gasteiger charge is 2.49. The predicted molar refractivity (Wildman–Crippen MR) is 127 cm³/mol. The van der Waals surface area contributed by atoms with Crippen LogP contribution in [0.25, 0.3) is 11.3 Å². The van der Waals surface area contributed by atoms with E-state index in [9.17, 15) is 14.7 Å². The number of benzene rings is 1. The van der Waals surface area contributed by atoms with Crippen molar-refractivity contribution in [1.82, 2.24) is 9.47 Å². The van der Waals surface area contributed by atoms with Crippen molar-refractivity contribution in [1.29, 1.82) is 0 Å². The number of morpholine rings is 1. The van der Waals surface area contributed by atoms with Crippen molar-refractivity contribution < 1.29 is 24.1 Å². The average Bonchev–Trinajstić information content (AvgIpc) is 3.13. The van der Waals surface area contributed by atoms with Gasteiger partial charge in [-0.15, -0.1) is 0 Å². The predicted octanol–water partition coefficient (Wildman–Crippen LogP) is 3.62. The molecule has 4 heterocycles. The lowest BCUT2D eigenvalue weighted by atomic mass is 9.78. The van der Waals surface area contributed by atoms with E-state index in [-0.39, 0.29) is 23.1 Å². The second kappa shape index (κ2) is 9.00. The molecule has 0 aliphatic carbocycles. The maximum atomic E-state index is 12.6. The van der Waals surface area contributed by atoms with Crippen LogP contribution in [0.5, 0.6) is 5.75 Å². The van der Waals surface area contributed by atoms with E-state index in [0.29, 0.717) is 29.7 Å². The van der Waals surface area contributed by atoms with Crippen molar-refractivity contribution in [2.45, 2.75) is 32.4 Å². The van der Waals surface area contributed by atoms with Gasteiger partial charge in [0.15, 0.2) is 5.43 Å². The Morgan fingerprint density at radius 3 is 2.76 bits per heavy atom. The highest BCUT2D eigenvalue weighted by molar-refractivity contribution is 6.32. The minimum absolute atomic E-state index is 0.163. The zero-order valence-corrected chi connectivity index (χ0v) is 20.1. The highest BCUT2D eigenvalue weighted by atomic mass is 35.5. The largest absolute Gasteiger partial charge is 0.492 e. The van der Waals surface area contributed by atoms with E-state index >= 15 is 0 Å². The summed E-state index contributed by atoms with van der Waals surface area (Å²) in [6.07, 6.45) is 2.02. The number of ether oxygens (including phenoxy) is 3. The molecule has 5 rings (SSSR count). The molecule has 8 nitrogen and oxygen atoms in total. The molecule has 1 aromatic heterocycles. The molecule has 0 spiro atoms. The number of aromatic nitrogens is 1. The Morgan fingerprint density at radius 2 is 2.03 bits per heavy atom. The zero-order chi connectivity index (χ0) is 24.0. The van der Waals surface area contributed by atoms with Gasteiger partial charge in [-0.2, -0.15) is 0 Å². The van der Waals surface area contributed by atoms with Gasteiger partial charge in [0.05, 0.1) is 43.2 Å². The van der Waals surface area contributed by atoms with Crippen LogP contribution in [-0.2, 0) is 9.47 Å². The van der Waals surface area contributed by atoms with Crippen molar-refractivity contribution in [3.63, 3.8) is 0 Å². The van der Waals surface area contributed by atoms with Crippen molar-refractivity contribution in [3.05, 3.63) is 50.8 Å². The number of pyridine rings is 1. The minimum Gasteiger partial charge on any atom is -0.492 e. The quantitative estimate of drug-likeness (QED) is 0.621. The SMILES string of the molecule is CC1(C)CO[C@@H]2c3cc(OCCCN4CCOCC4)c(Cl)cc3-c3cc(=O)c(C(=O)O)cn3[C@@H]21. The molecule has 1 N–H and O–H groups in total. The third-order valence-electron chi connectivity index (χ3n) is 7.00. The normalized spacial score (nSPS) is 23.1. The number of nitrogens with zero attached hydrogens (tertiary/aromatic N) is 2. The number of hydrogen-bond donors (Lipinski definition) is 1. The molecular weight excluding hydrogens is 460 g/mol. The first-order valence-electron chi connectivity index (χ1n) is 11.6. The van der Waals surface area contributed by atoms with Gasteiger partial charge in [0.25, 0.3) is 0 Å². The van der Waals surface area contributed by atoms with Crippen LogP contribution < -0.4 is 10.2 Å². The second-order valence-electron chi connectivity index (χ2n) is 9.84. The summed E-state index contributed by atoms with van der Waals surface area (Å²) in [7, 11) is 0. The maximum absolute atomic E-state index is 12.6. The summed E-state index contributed by atoms with van der Waals surface area (Å²) in [6.45, 7) is 9.59. The fourth-order valence-corrected chi connectivity index (χ4v) is 5.48. The standard InChI is InChI=1S/C25H29ClN2O6/c1-25(2)14-34-22-16-11-21(33-7-3-4-27-5-8-32-9-6-27)18(26)10-15(16)19-12-20(29)17(24(30)31)13-28(19)23(22)25/h10-13,22-23H,3-9,14H2,1-2H3,(H,30,31)/t22-,23+/m1/s1. The van der Waals surface area contributed by atoms with Gasteiger partial charge < -0.3 is 23.9 Å². The summed E-state index contributed by atoms with van der Waals surface area (Å²) < 4.78 is 19.6. The first-order valence-corrected chi connectivity index (χ1v) is 12.0. The molecule has 2 atom stereocenters. The summed E-state index contributed by atoms with van der Waals surface area (Å²) in [4.78, 5) is 26.6. The number of hydrogen-bond acceptors (Lipinski definition) is 6. The Kier molecular flexibility index (Phi) is 6.18. The molecule has 3 aliphatic rings. The van der Waals surface area contributed by atoms with Gasteiger partial charge in [-0.1, -0.05) is 25.4 Å². The smallest absolute Gasteiger partial charge is 0.341 e. The Morgan fingerprint density at radius 1 is 1.26 bits per heavy atom. The zero-order valence-electron chi connectivity index (χ0n) is 19.4. The molecule has 3 aliphatic heterocycles. The number of halogens is 1. The first-order chi connectivity index (χ1) is 16.3. The minimum atomic E-state index is -1.24. The Labute approximate surface area is 203 Å². The van der Waals surface area contributed by atoms with Crippen molar-refractivity contribution in [2.75, 3.05) is 46.1 Å². The molecule has 0 radical (unpaired) electrons. The summed E-state index contributed by atoms with van der Waals surface area (Å²) >= 11 is 6.60. The van der Waals surface area contributed by atoms with E-state index in [1.165, 1.54) is 12.3 Å². The monoisotopic (exact) mass is 488 g/mol. The molecule has 0 bridgehead atoms. The Bertz CT molecular complexity index is 1170. The van der Waals surface area contributed by atoms with E-state index in [4.69, 9.17) is 25.8 Å². The van der Waals surface area contributed by atoms with Crippen LogP contribution in [0.3, 0.4) is 0 Å². The topological polar surface area (TPSA) is 90.2 Å². The molecule has 1 aromatic carbocycles. The first kappa shape index (κ1) is 23.4. The van der Waals surface area contributed by atoms with Gasteiger partial charge in [0, 0.05) is 42.9 Å².